The molecule has 0 radical (unpaired) electrons. The zero-order valence-electron chi connectivity index (χ0n) is 18.5. The van der Waals surface area contributed by atoms with Gasteiger partial charge >= 0.3 is 0 Å². The number of fused-ring (bicyclic) bond motifs is 6. The summed E-state index contributed by atoms with van der Waals surface area (Å²) in [6.07, 6.45) is 15.2. The summed E-state index contributed by atoms with van der Waals surface area (Å²) in [5, 5.41) is 4.06. The lowest BCUT2D eigenvalue weighted by Crippen LogP contribution is -2.49. The van der Waals surface area contributed by atoms with Crippen LogP contribution in [0.2, 0.25) is 0 Å². The van der Waals surface area contributed by atoms with Gasteiger partial charge in [0.2, 0.25) is 0 Å². The number of nitrogens with zero attached hydrogens (tertiary/aromatic N) is 5. The summed E-state index contributed by atoms with van der Waals surface area (Å²) in [5.74, 6) is 2.20. The maximum absolute atomic E-state index is 8.89. The Balaban J connectivity index is 1.33. The molecule has 0 amide bonds. The van der Waals surface area contributed by atoms with Gasteiger partial charge in [0.15, 0.2) is 0 Å². The molecule has 2 saturated carbocycles. The van der Waals surface area contributed by atoms with Crippen LogP contribution in [0.25, 0.3) is 27.2 Å². The second-order valence-electron chi connectivity index (χ2n) is 10.7. The number of allylic oxidation sites excluding steroid dienone is 3. The Morgan fingerprint density at radius 3 is 2.77 bits per heavy atom. The van der Waals surface area contributed by atoms with Crippen LogP contribution in [-0.2, 0) is 0 Å². The summed E-state index contributed by atoms with van der Waals surface area (Å²) in [6.45, 7) is 5.03. The fourth-order valence-electron chi connectivity index (χ4n) is 7.88. The van der Waals surface area contributed by atoms with Crippen LogP contribution in [0.15, 0.2) is 53.4 Å². The van der Waals surface area contributed by atoms with E-state index >= 15 is 0 Å². The minimum atomic E-state index is 0.156. The Hall–Kier alpha value is -2.52. The minimum absolute atomic E-state index is 0.156. The van der Waals surface area contributed by atoms with Gasteiger partial charge in [0.1, 0.15) is 6.33 Å². The molecule has 2 aromatic rings. The zero-order chi connectivity index (χ0) is 21.2. The largest absolute Gasteiger partial charge is 0.302 e. The topological polar surface area (TPSA) is 66.6 Å². The highest BCUT2D eigenvalue weighted by molar-refractivity contribution is 5.80. The van der Waals surface area contributed by atoms with Crippen LogP contribution in [0, 0.1) is 28.6 Å². The SMILES string of the molecule is C[C@]12CC[C@@H](N=[N+]=[N-])CC1=CCC1C2CC[C@]2(C)C(n3cnc4ccccc43)=CCC12. The Bertz CT molecular complexity index is 1150. The van der Waals surface area contributed by atoms with Crippen LogP contribution in [0.5, 0.6) is 0 Å². The van der Waals surface area contributed by atoms with Crippen molar-refractivity contribution in [2.24, 2.45) is 33.7 Å². The molecule has 4 aliphatic rings. The monoisotopic (exact) mass is 413 g/mol. The van der Waals surface area contributed by atoms with Crippen LogP contribution in [-0.4, -0.2) is 15.6 Å². The molecule has 1 aromatic heterocycles. The van der Waals surface area contributed by atoms with Gasteiger partial charge in [-0.15, -0.1) is 0 Å². The summed E-state index contributed by atoms with van der Waals surface area (Å²) in [7, 11) is 0. The molecule has 5 nitrogen and oxygen atoms in total. The van der Waals surface area contributed by atoms with Crippen LogP contribution in [0.1, 0.15) is 58.8 Å². The van der Waals surface area contributed by atoms with E-state index in [0.717, 1.165) is 30.2 Å². The Kier molecular flexibility index (Phi) is 4.17. The summed E-state index contributed by atoms with van der Waals surface area (Å²) in [6, 6.07) is 8.66. The number of aromatic nitrogens is 2. The van der Waals surface area contributed by atoms with Gasteiger partial charge in [-0.25, -0.2) is 4.98 Å². The van der Waals surface area contributed by atoms with Crippen molar-refractivity contribution in [3.8, 4) is 0 Å². The van der Waals surface area contributed by atoms with Crippen molar-refractivity contribution < 1.29 is 0 Å². The number of hydrogen-bond donors (Lipinski definition) is 0. The van der Waals surface area contributed by atoms with Gasteiger partial charge in [0.05, 0.1) is 11.0 Å². The van der Waals surface area contributed by atoms with E-state index in [0.29, 0.717) is 5.92 Å². The molecule has 0 bridgehead atoms. The molecular weight excluding hydrogens is 382 g/mol. The van der Waals surface area contributed by atoms with E-state index in [9.17, 15) is 0 Å². The fraction of sp³-hybridized carbons (Fsp3) is 0.577. The van der Waals surface area contributed by atoms with Gasteiger partial charge in [-0.05, 0) is 85.8 Å². The highest BCUT2D eigenvalue weighted by Gasteiger charge is 2.57. The molecule has 160 valence electrons. The van der Waals surface area contributed by atoms with Gasteiger partial charge in [0.25, 0.3) is 0 Å². The number of imidazole rings is 1. The standard InChI is InChI=1S/C26H31N5/c1-25-13-11-18(29-30-27)15-17(25)7-8-19-20-9-10-24(26(20,2)14-12-21(19)25)31-16-28-22-5-3-4-6-23(22)31/h3-7,10,16,18-21H,8-9,11-15H2,1-2H3/t18-,19?,20?,21?,25+,26+/m1/s1. The summed E-state index contributed by atoms with van der Waals surface area (Å²) in [5.41, 5.74) is 14.8. The van der Waals surface area contributed by atoms with E-state index < -0.39 is 0 Å². The lowest BCUT2D eigenvalue weighted by Gasteiger charge is -2.57. The molecule has 1 heterocycles. The van der Waals surface area contributed by atoms with E-state index in [1.165, 1.54) is 43.3 Å². The lowest BCUT2D eigenvalue weighted by atomic mass is 9.47. The van der Waals surface area contributed by atoms with Crippen molar-refractivity contribution in [2.75, 3.05) is 0 Å². The highest BCUT2D eigenvalue weighted by atomic mass is 15.1. The van der Waals surface area contributed by atoms with Crippen molar-refractivity contribution in [1.29, 1.82) is 0 Å². The van der Waals surface area contributed by atoms with E-state index in [1.807, 2.05) is 6.33 Å². The molecule has 0 aliphatic heterocycles. The normalized spacial score (nSPS) is 39.0. The Labute approximate surface area is 183 Å². The quantitative estimate of drug-likeness (QED) is 0.223. The molecule has 5 heteroatoms. The van der Waals surface area contributed by atoms with Crippen LogP contribution in [0.3, 0.4) is 0 Å². The molecule has 1 aromatic carbocycles. The molecule has 4 aliphatic carbocycles. The first-order chi connectivity index (χ1) is 15.0. The second-order valence-corrected chi connectivity index (χ2v) is 10.7. The molecule has 3 unspecified atom stereocenters. The number of hydrogen-bond acceptors (Lipinski definition) is 2. The average molecular weight is 414 g/mol. The number of benzene rings is 1. The Morgan fingerprint density at radius 1 is 1.06 bits per heavy atom. The first-order valence-corrected chi connectivity index (χ1v) is 11.9. The third-order valence-corrected chi connectivity index (χ3v) is 9.55. The van der Waals surface area contributed by atoms with Gasteiger partial charge in [-0.3, -0.25) is 0 Å². The van der Waals surface area contributed by atoms with Crippen molar-refractivity contribution >= 4 is 16.7 Å². The zero-order valence-corrected chi connectivity index (χ0v) is 18.5. The number of para-hydroxylation sites is 2. The van der Waals surface area contributed by atoms with Crippen molar-refractivity contribution in [3.05, 3.63) is 58.8 Å². The molecule has 6 atom stereocenters. The molecular formula is C26H31N5. The molecule has 6 rings (SSSR count). The predicted octanol–water partition coefficient (Wildman–Crippen LogP) is 7.13. The molecule has 0 spiro atoms. The van der Waals surface area contributed by atoms with Gasteiger partial charge in [0, 0.05) is 22.1 Å². The first kappa shape index (κ1) is 19.2. The minimum Gasteiger partial charge on any atom is -0.302 e. The smallest absolute Gasteiger partial charge is 0.100 e. The van der Waals surface area contributed by atoms with Crippen molar-refractivity contribution in [3.63, 3.8) is 0 Å². The van der Waals surface area contributed by atoms with Crippen molar-refractivity contribution in [1.82, 2.24) is 9.55 Å². The first-order valence-electron chi connectivity index (χ1n) is 11.9. The maximum atomic E-state index is 8.89. The van der Waals surface area contributed by atoms with Gasteiger partial charge in [-0.2, -0.15) is 0 Å². The fourth-order valence-corrected chi connectivity index (χ4v) is 7.88. The van der Waals surface area contributed by atoms with E-state index in [2.05, 4.69) is 69.8 Å². The van der Waals surface area contributed by atoms with Crippen LogP contribution >= 0.6 is 0 Å². The molecule has 0 saturated heterocycles. The Morgan fingerprint density at radius 2 is 1.90 bits per heavy atom. The van der Waals surface area contributed by atoms with Gasteiger partial charge < -0.3 is 4.57 Å². The summed E-state index contributed by atoms with van der Waals surface area (Å²) < 4.78 is 2.37. The molecule has 2 fully saturated rings. The number of rotatable bonds is 2. The predicted molar refractivity (Wildman–Crippen MR) is 124 cm³/mol. The second kappa shape index (κ2) is 6.74. The summed E-state index contributed by atoms with van der Waals surface area (Å²) >= 11 is 0. The van der Waals surface area contributed by atoms with E-state index in [1.54, 1.807) is 5.57 Å². The van der Waals surface area contributed by atoms with E-state index in [4.69, 9.17) is 5.53 Å². The van der Waals surface area contributed by atoms with Gasteiger partial charge in [-0.1, -0.05) is 48.8 Å². The third kappa shape index (κ3) is 2.62. The highest BCUT2D eigenvalue weighted by Crippen LogP contribution is 2.65. The van der Waals surface area contributed by atoms with Crippen LogP contribution < -0.4 is 0 Å². The maximum Gasteiger partial charge on any atom is 0.100 e. The van der Waals surface area contributed by atoms with Crippen molar-refractivity contribution in [2.45, 2.75) is 64.8 Å². The number of azide groups is 1. The molecule has 0 N–H and O–H groups in total. The molecule has 31 heavy (non-hydrogen) atoms. The third-order valence-electron chi connectivity index (χ3n) is 9.55. The van der Waals surface area contributed by atoms with Crippen LogP contribution in [0.4, 0.5) is 0 Å². The average Bonchev–Trinajstić information content (AvgIpc) is 3.34. The summed E-state index contributed by atoms with van der Waals surface area (Å²) in [4.78, 5) is 7.77. The van der Waals surface area contributed by atoms with E-state index in [-0.39, 0.29) is 16.9 Å². The lowest BCUT2D eigenvalue weighted by molar-refractivity contribution is -0.0126.